The van der Waals surface area contributed by atoms with E-state index in [9.17, 15) is 18.0 Å². The number of ether oxygens (including phenoxy) is 1. The first kappa shape index (κ1) is 22.3. The van der Waals surface area contributed by atoms with Crippen LogP contribution in [0.5, 0.6) is 0 Å². The average Bonchev–Trinajstić information content (AvgIpc) is 3.59. The van der Waals surface area contributed by atoms with Crippen LogP contribution in [0.15, 0.2) is 55.2 Å². The van der Waals surface area contributed by atoms with Crippen molar-refractivity contribution in [2.45, 2.75) is 25.2 Å². The molecule has 0 spiro atoms. The molecule has 0 bridgehead atoms. The lowest BCUT2D eigenvalue weighted by Gasteiger charge is -2.33. The molecule has 12 heteroatoms. The van der Waals surface area contributed by atoms with Gasteiger partial charge >= 0.3 is 6.18 Å². The lowest BCUT2D eigenvalue weighted by molar-refractivity contribution is -0.136. The summed E-state index contributed by atoms with van der Waals surface area (Å²) in [5.41, 5.74) is 2.68. The molecule has 36 heavy (non-hydrogen) atoms. The van der Waals surface area contributed by atoms with Gasteiger partial charge in [0.25, 0.3) is 5.91 Å². The summed E-state index contributed by atoms with van der Waals surface area (Å²) in [6.45, 7) is 0.737. The average molecular weight is 495 g/mol. The Morgan fingerprint density at radius 3 is 2.89 bits per heavy atom. The number of amides is 1. The normalized spacial score (nSPS) is 16.1. The molecule has 1 aliphatic heterocycles. The van der Waals surface area contributed by atoms with E-state index in [1.54, 1.807) is 28.8 Å². The van der Waals surface area contributed by atoms with Crippen LogP contribution in [0.2, 0.25) is 0 Å². The number of imidazole rings is 1. The third kappa shape index (κ3) is 3.52. The lowest BCUT2D eigenvalue weighted by Crippen LogP contribution is -2.41. The van der Waals surface area contributed by atoms with E-state index in [-0.39, 0.29) is 11.4 Å². The van der Waals surface area contributed by atoms with Gasteiger partial charge in [-0.15, -0.1) is 0 Å². The minimum Gasteiger partial charge on any atom is -0.380 e. The molecule has 1 amide bonds. The quantitative estimate of drug-likeness (QED) is 0.411. The van der Waals surface area contributed by atoms with Crippen molar-refractivity contribution in [2.24, 2.45) is 0 Å². The number of methoxy groups -OCH3 is 1. The van der Waals surface area contributed by atoms with Crippen molar-refractivity contribution in [1.82, 2.24) is 34.1 Å². The topological polar surface area (TPSA) is 92.8 Å². The number of hydrogen-bond donors (Lipinski definition) is 1. The number of halogens is 3. The van der Waals surface area contributed by atoms with Crippen LogP contribution in [0.3, 0.4) is 0 Å². The Morgan fingerprint density at radius 1 is 1.22 bits per heavy atom. The summed E-state index contributed by atoms with van der Waals surface area (Å²) in [6, 6.07) is 6.58. The maximum atomic E-state index is 13.8. The van der Waals surface area contributed by atoms with Crippen LogP contribution in [-0.4, -0.2) is 53.7 Å². The van der Waals surface area contributed by atoms with Crippen LogP contribution < -0.4 is 0 Å². The standard InChI is InChI=1S/C24H20F3N7O2/c1-36-12-14-4-5-19-15(10-30-34(19)11-14)23(35)32-8-6-17-21(29-13-28-17)22(32)18-9-20-16(24(25,26)27)3-2-7-33(20)31-18/h2-5,7,9-11,13,22H,6,8,12H2,1H3,(H,28,29)/t22-/m0/s1. The number of nitrogens with one attached hydrogen (secondary N) is 1. The Labute approximate surface area is 202 Å². The van der Waals surface area contributed by atoms with Crippen molar-refractivity contribution in [3.05, 3.63) is 89.0 Å². The maximum absolute atomic E-state index is 13.8. The SMILES string of the molecule is COCc1ccc2c(C(=O)N3CCc4[nH]cnc4[C@@H]3c3cc4c(C(F)(F)F)cccn4n3)cnn2c1. The zero-order valence-electron chi connectivity index (χ0n) is 19.0. The van der Waals surface area contributed by atoms with E-state index in [1.807, 2.05) is 6.07 Å². The molecule has 1 N–H and O–H groups in total. The van der Waals surface area contributed by atoms with Crippen molar-refractivity contribution in [3.63, 3.8) is 0 Å². The van der Waals surface area contributed by atoms with Crippen molar-refractivity contribution in [1.29, 1.82) is 0 Å². The molecule has 5 aromatic heterocycles. The summed E-state index contributed by atoms with van der Waals surface area (Å²) in [4.78, 5) is 22.9. The van der Waals surface area contributed by atoms with Crippen molar-refractivity contribution in [3.8, 4) is 0 Å². The van der Waals surface area contributed by atoms with Gasteiger partial charge < -0.3 is 14.6 Å². The molecule has 1 atom stereocenters. The molecule has 0 aliphatic carbocycles. The van der Waals surface area contributed by atoms with Gasteiger partial charge in [-0.1, -0.05) is 6.07 Å². The summed E-state index contributed by atoms with van der Waals surface area (Å²) in [7, 11) is 1.60. The fourth-order valence-corrected chi connectivity index (χ4v) is 4.80. The van der Waals surface area contributed by atoms with Crippen molar-refractivity contribution < 1.29 is 22.7 Å². The van der Waals surface area contributed by atoms with E-state index in [1.165, 1.54) is 35.4 Å². The number of aromatic amines is 1. The molecular formula is C24H20F3N7O2. The van der Waals surface area contributed by atoms with Gasteiger partial charge in [-0.3, -0.25) is 4.79 Å². The summed E-state index contributed by atoms with van der Waals surface area (Å²) in [5.74, 6) is -0.309. The molecular weight excluding hydrogens is 475 g/mol. The first-order chi connectivity index (χ1) is 17.3. The van der Waals surface area contributed by atoms with E-state index in [0.717, 1.165) is 17.3 Å². The number of H-pyrrole nitrogens is 1. The first-order valence-electron chi connectivity index (χ1n) is 11.2. The molecule has 0 saturated heterocycles. The van der Waals surface area contributed by atoms with Gasteiger partial charge in [0.05, 0.1) is 52.7 Å². The van der Waals surface area contributed by atoms with Crippen molar-refractivity contribution >= 4 is 16.9 Å². The highest BCUT2D eigenvalue weighted by atomic mass is 19.4. The second kappa shape index (κ2) is 8.19. The molecule has 6 heterocycles. The summed E-state index contributed by atoms with van der Waals surface area (Å²) in [6.07, 6.45) is 2.24. The van der Waals surface area contributed by atoms with Crippen LogP contribution in [0.4, 0.5) is 13.2 Å². The fourth-order valence-electron chi connectivity index (χ4n) is 4.80. The van der Waals surface area contributed by atoms with Crippen molar-refractivity contribution in [2.75, 3.05) is 13.7 Å². The first-order valence-corrected chi connectivity index (χ1v) is 11.2. The molecule has 0 aromatic carbocycles. The number of carbonyl (C=O) groups excluding carboxylic acids is 1. The monoisotopic (exact) mass is 495 g/mol. The van der Waals surface area contributed by atoms with E-state index in [0.29, 0.717) is 42.0 Å². The molecule has 0 saturated carbocycles. The van der Waals surface area contributed by atoms with Gasteiger partial charge in [0.15, 0.2) is 0 Å². The second-order valence-electron chi connectivity index (χ2n) is 8.59. The van der Waals surface area contributed by atoms with Crippen LogP contribution in [0, 0.1) is 0 Å². The highest BCUT2D eigenvalue weighted by molar-refractivity contribution is 6.01. The molecule has 9 nitrogen and oxygen atoms in total. The number of nitrogens with zero attached hydrogens (tertiary/aromatic N) is 6. The minimum absolute atomic E-state index is 0.0864. The molecule has 0 fully saturated rings. The second-order valence-corrected chi connectivity index (χ2v) is 8.59. The van der Waals surface area contributed by atoms with E-state index < -0.39 is 17.8 Å². The minimum atomic E-state index is -4.54. The number of rotatable bonds is 4. The predicted octanol–water partition coefficient (Wildman–Crippen LogP) is 3.66. The van der Waals surface area contributed by atoms with Crippen LogP contribution in [-0.2, 0) is 23.9 Å². The van der Waals surface area contributed by atoms with E-state index in [2.05, 4.69) is 20.2 Å². The molecule has 1 aliphatic rings. The summed E-state index contributed by atoms with van der Waals surface area (Å²) in [5, 5.41) is 8.76. The maximum Gasteiger partial charge on any atom is 0.418 e. The van der Waals surface area contributed by atoms with Gasteiger partial charge in [-0.25, -0.2) is 14.0 Å². The lowest BCUT2D eigenvalue weighted by atomic mass is 9.98. The smallest absolute Gasteiger partial charge is 0.380 e. The molecule has 5 aromatic rings. The summed E-state index contributed by atoms with van der Waals surface area (Å²) < 4.78 is 48.9. The third-order valence-corrected chi connectivity index (χ3v) is 6.41. The van der Waals surface area contributed by atoms with Gasteiger partial charge in [0, 0.05) is 38.2 Å². The highest BCUT2D eigenvalue weighted by Gasteiger charge is 2.39. The number of aromatic nitrogens is 6. The number of pyridine rings is 2. The Kier molecular flexibility index (Phi) is 5.07. The van der Waals surface area contributed by atoms with Crippen LogP contribution in [0.1, 0.15) is 44.6 Å². The highest BCUT2D eigenvalue weighted by Crippen LogP contribution is 2.37. The fraction of sp³-hybridized carbons (Fsp3) is 0.250. The van der Waals surface area contributed by atoms with Gasteiger partial charge in [-0.05, 0) is 29.8 Å². The number of hydrogen-bond acceptors (Lipinski definition) is 5. The Morgan fingerprint density at radius 2 is 2.08 bits per heavy atom. The van der Waals surface area contributed by atoms with E-state index >= 15 is 0 Å². The number of carbonyl (C=O) groups is 1. The third-order valence-electron chi connectivity index (χ3n) is 6.41. The van der Waals surface area contributed by atoms with Crippen LogP contribution >= 0.6 is 0 Å². The Hall–Kier alpha value is -4.19. The summed E-state index contributed by atoms with van der Waals surface area (Å²) >= 11 is 0. The molecule has 6 rings (SSSR count). The number of alkyl halides is 3. The molecule has 184 valence electrons. The van der Waals surface area contributed by atoms with Gasteiger partial charge in [0.1, 0.15) is 6.04 Å². The Bertz CT molecular complexity index is 1600. The number of fused-ring (bicyclic) bond motifs is 3. The molecule has 0 radical (unpaired) electrons. The van der Waals surface area contributed by atoms with Gasteiger partial charge in [0.2, 0.25) is 0 Å². The van der Waals surface area contributed by atoms with Crippen LogP contribution in [0.25, 0.3) is 11.0 Å². The largest absolute Gasteiger partial charge is 0.418 e. The molecule has 0 unspecified atom stereocenters. The van der Waals surface area contributed by atoms with E-state index in [4.69, 9.17) is 4.74 Å². The zero-order valence-corrected chi connectivity index (χ0v) is 19.0. The predicted molar refractivity (Wildman–Crippen MR) is 121 cm³/mol. The Balaban J connectivity index is 1.45. The zero-order chi connectivity index (χ0) is 25.0. The van der Waals surface area contributed by atoms with Gasteiger partial charge in [-0.2, -0.15) is 23.4 Å².